The summed E-state index contributed by atoms with van der Waals surface area (Å²) in [6.07, 6.45) is 13.8. The molecule has 3 saturated carbocycles. The maximum atomic E-state index is 14.5. The van der Waals surface area contributed by atoms with E-state index >= 15 is 0 Å². The molecular weight excluding hydrogens is 649 g/mol. The molecule has 2 amide bonds. The fourth-order valence-corrected chi connectivity index (χ4v) is 12.0. The average molecular weight is 697 g/mol. The molecule has 6 aliphatic rings. The van der Waals surface area contributed by atoms with Crippen LogP contribution in [0.4, 0.5) is 10.5 Å². The number of fused-ring (bicyclic) bond motifs is 1. The van der Waals surface area contributed by atoms with Crippen molar-refractivity contribution in [1.29, 1.82) is 0 Å². The first-order valence-corrected chi connectivity index (χ1v) is 19.0. The van der Waals surface area contributed by atoms with Crippen LogP contribution in [0.1, 0.15) is 74.2 Å². The molecule has 2 aromatic heterocycles. The first kappa shape index (κ1) is 33.5. The summed E-state index contributed by atoms with van der Waals surface area (Å²) in [5, 5.41) is 29.1. The molecule has 3 aromatic rings. The molecule has 8 nitrogen and oxygen atoms in total. The van der Waals surface area contributed by atoms with Gasteiger partial charge in [0.25, 0.3) is 0 Å². The molecule has 3 fully saturated rings. The molecule has 0 radical (unpaired) electrons. The molecule has 8 unspecified atom stereocenters. The zero-order valence-corrected chi connectivity index (χ0v) is 30.0. The highest BCUT2D eigenvalue weighted by atomic mass is 32.1. The quantitative estimate of drug-likeness (QED) is 0.155. The molecule has 6 aliphatic carbocycles. The van der Waals surface area contributed by atoms with Gasteiger partial charge in [0.2, 0.25) is 5.78 Å². The van der Waals surface area contributed by atoms with Crippen molar-refractivity contribution in [2.75, 3.05) is 25.5 Å². The highest BCUT2D eigenvalue weighted by Gasteiger charge is 2.74. The van der Waals surface area contributed by atoms with Crippen LogP contribution in [0.15, 0.2) is 88.4 Å². The Kier molecular flexibility index (Phi) is 8.01. The Morgan fingerprint density at radius 3 is 2.48 bits per heavy atom. The fourth-order valence-electron chi connectivity index (χ4n) is 11.3. The molecule has 50 heavy (non-hydrogen) atoms. The van der Waals surface area contributed by atoms with Crippen molar-refractivity contribution in [3.05, 3.63) is 94.6 Å². The molecule has 0 saturated heterocycles. The molecule has 2 bridgehead atoms. The number of Topliss-reactive ketones (excluding diaryl/α,β-unsaturated/α-hetero) is 1. The van der Waals surface area contributed by atoms with E-state index in [4.69, 9.17) is 9.15 Å². The summed E-state index contributed by atoms with van der Waals surface area (Å²) in [7, 11) is 1.61. The third-order valence-corrected chi connectivity index (χ3v) is 14.9. The van der Waals surface area contributed by atoms with Crippen molar-refractivity contribution in [1.82, 2.24) is 4.90 Å². The van der Waals surface area contributed by atoms with Crippen molar-refractivity contribution >= 4 is 28.8 Å². The summed E-state index contributed by atoms with van der Waals surface area (Å²) >= 11 is 1.67. The SMILES string of the molecule is COc1ccc(NC(=O)N(CCc2cccs2)CC2(O)CCC3C45C=CC6(C=C4C(=O)c4ccco4)CC(O)CCC6(C)C5CCC32C)cc1. The first-order valence-electron chi connectivity index (χ1n) is 18.1. The Morgan fingerprint density at radius 1 is 1.00 bits per heavy atom. The molecule has 0 aliphatic heterocycles. The van der Waals surface area contributed by atoms with Crippen LogP contribution in [0.5, 0.6) is 5.75 Å². The van der Waals surface area contributed by atoms with Gasteiger partial charge in [0.15, 0.2) is 5.76 Å². The number of carbonyl (C=O) groups excluding carboxylic acids is 2. The van der Waals surface area contributed by atoms with Gasteiger partial charge in [-0.25, -0.2) is 4.79 Å². The van der Waals surface area contributed by atoms with Gasteiger partial charge in [-0.05, 0) is 116 Å². The van der Waals surface area contributed by atoms with Crippen LogP contribution in [-0.2, 0) is 6.42 Å². The summed E-state index contributed by atoms with van der Waals surface area (Å²) in [5.41, 5.74) is -1.44. The maximum Gasteiger partial charge on any atom is 0.321 e. The van der Waals surface area contributed by atoms with E-state index in [-0.39, 0.29) is 35.6 Å². The normalized spacial score (nSPS) is 36.6. The van der Waals surface area contributed by atoms with E-state index in [9.17, 15) is 19.8 Å². The molecule has 264 valence electrons. The van der Waals surface area contributed by atoms with Crippen LogP contribution >= 0.6 is 11.3 Å². The van der Waals surface area contributed by atoms with Crippen LogP contribution in [0.3, 0.4) is 0 Å². The molecular formula is C41H48N2O6S. The number of carbonyl (C=O) groups is 2. The van der Waals surface area contributed by atoms with E-state index in [1.54, 1.807) is 41.7 Å². The van der Waals surface area contributed by atoms with E-state index in [1.807, 2.05) is 35.7 Å². The molecule has 2 spiro atoms. The molecule has 8 atom stereocenters. The van der Waals surface area contributed by atoms with Crippen LogP contribution in [0, 0.1) is 33.5 Å². The summed E-state index contributed by atoms with van der Waals surface area (Å²) in [6.45, 7) is 5.24. The number of aliphatic hydroxyl groups excluding tert-OH is 1. The largest absolute Gasteiger partial charge is 0.497 e. The number of rotatable bonds is 9. The van der Waals surface area contributed by atoms with Crippen LogP contribution in [0.2, 0.25) is 0 Å². The number of methoxy groups -OCH3 is 1. The van der Waals surface area contributed by atoms with Gasteiger partial charge >= 0.3 is 6.03 Å². The molecule has 1 aromatic carbocycles. The highest BCUT2D eigenvalue weighted by molar-refractivity contribution is 7.09. The highest BCUT2D eigenvalue weighted by Crippen LogP contribution is 2.78. The third kappa shape index (κ3) is 4.83. The molecule has 9 rings (SSSR count). The fraction of sp³-hybridized carbons (Fsp3) is 0.512. The zero-order valence-electron chi connectivity index (χ0n) is 29.2. The number of aliphatic hydroxyl groups is 2. The van der Waals surface area contributed by atoms with Crippen LogP contribution in [-0.4, -0.2) is 58.8 Å². The van der Waals surface area contributed by atoms with Crippen molar-refractivity contribution in [2.24, 2.45) is 33.5 Å². The summed E-state index contributed by atoms with van der Waals surface area (Å²) in [6, 6.07) is 14.6. The van der Waals surface area contributed by atoms with Gasteiger partial charge in [-0.15, -0.1) is 11.3 Å². The van der Waals surface area contributed by atoms with Gasteiger partial charge in [-0.3, -0.25) is 4.79 Å². The van der Waals surface area contributed by atoms with Crippen LogP contribution < -0.4 is 10.1 Å². The van der Waals surface area contributed by atoms with Crippen molar-refractivity contribution in [3.8, 4) is 5.75 Å². The Morgan fingerprint density at radius 2 is 1.76 bits per heavy atom. The Hall–Kier alpha value is -3.66. The monoisotopic (exact) mass is 696 g/mol. The number of anilines is 1. The van der Waals surface area contributed by atoms with E-state index < -0.39 is 27.9 Å². The Bertz CT molecular complexity index is 1820. The first-order chi connectivity index (χ1) is 24.0. The van der Waals surface area contributed by atoms with Gasteiger partial charge in [0, 0.05) is 38.9 Å². The number of ketones is 1. The number of hydrogen-bond donors (Lipinski definition) is 3. The second-order valence-corrected chi connectivity index (χ2v) is 17.1. The van der Waals surface area contributed by atoms with Crippen molar-refractivity contribution < 1.29 is 29.0 Å². The Balaban J connectivity index is 1.15. The number of thiophene rings is 1. The number of urea groups is 1. The van der Waals surface area contributed by atoms with E-state index in [1.165, 1.54) is 4.88 Å². The number of allylic oxidation sites excluding steroid dienone is 4. The number of nitrogens with zero attached hydrogens (tertiary/aromatic N) is 1. The number of ether oxygens (including phenoxy) is 1. The number of nitrogens with one attached hydrogen (secondary N) is 1. The minimum absolute atomic E-state index is 0.0223. The lowest BCUT2D eigenvalue weighted by Crippen LogP contribution is -2.67. The standard InChI is InChI=1S/C41H48N2O6S/c1-37-16-12-28(44)24-39(37)19-20-41(31(25-39)35(45)32-7-4-22-49-32)33(37)13-17-38(2)34(41)14-18-40(38,47)26-43(21-15-30-6-5-23-50-30)36(46)42-27-8-10-29(48-3)11-9-27/h4-11,19-20,22-23,25,28,33-34,44,47H,12-18,21,24,26H2,1-3H3,(H,42,46). The third-order valence-electron chi connectivity index (χ3n) is 14.0. The summed E-state index contributed by atoms with van der Waals surface area (Å²) in [4.78, 5) is 31.5. The van der Waals surface area contributed by atoms with Gasteiger partial charge in [-0.2, -0.15) is 0 Å². The van der Waals surface area contributed by atoms with Crippen molar-refractivity contribution in [2.45, 2.75) is 76.9 Å². The second-order valence-electron chi connectivity index (χ2n) is 16.0. The van der Waals surface area contributed by atoms with Gasteiger partial charge in [-0.1, -0.05) is 38.1 Å². The number of furan rings is 1. The maximum absolute atomic E-state index is 14.5. The smallest absolute Gasteiger partial charge is 0.321 e. The predicted octanol–water partition coefficient (Wildman–Crippen LogP) is 7.90. The zero-order chi connectivity index (χ0) is 34.9. The number of hydrogen-bond acceptors (Lipinski definition) is 7. The second kappa shape index (κ2) is 12.0. The van der Waals surface area contributed by atoms with Gasteiger partial charge in [0.05, 0.1) is 31.6 Å². The number of benzene rings is 1. The molecule has 2 heterocycles. The summed E-state index contributed by atoms with van der Waals surface area (Å²) < 4.78 is 11.0. The minimum Gasteiger partial charge on any atom is -0.497 e. The topological polar surface area (TPSA) is 112 Å². The van der Waals surface area contributed by atoms with Gasteiger partial charge in [0.1, 0.15) is 5.75 Å². The number of amides is 2. The predicted molar refractivity (Wildman–Crippen MR) is 193 cm³/mol. The van der Waals surface area contributed by atoms with E-state index in [2.05, 4.69) is 43.5 Å². The molecule has 9 heteroatoms. The van der Waals surface area contributed by atoms with Gasteiger partial charge < -0.3 is 29.6 Å². The lowest BCUT2D eigenvalue weighted by Gasteiger charge is -2.71. The lowest BCUT2D eigenvalue weighted by molar-refractivity contribution is -0.174. The van der Waals surface area contributed by atoms with Crippen LogP contribution in [0.25, 0.3) is 0 Å². The molecule has 3 N–H and O–H groups in total. The lowest BCUT2D eigenvalue weighted by atomic mass is 9.32. The summed E-state index contributed by atoms with van der Waals surface area (Å²) in [5.74, 6) is 1.10. The average Bonchev–Trinajstić information content (AvgIpc) is 3.89. The van der Waals surface area contributed by atoms with E-state index in [0.717, 1.165) is 37.7 Å². The van der Waals surface area contributed by atoms with Crippen molar-refractivity contribution in [3.63, 3.8) is 0 Å². The Labute approximate surface area is 298 Å². The minimum atomic E-state index is -1.17. The van der Waals surface area contributed by atoms with E-state index in [0.29, 0.717) is 43.0 Å².